The highest BCUT2D eigenvalue weighted by Gasteiger charge is 2.20. The number of aliphatic hydroxyl groups is 1. The molecule has 1 aliphatic rings. The van der Waals surface area contributed by atoms with Gasteiger partial charge in [0.05, 0.1) is 6.54 Å². The number of hydrogen-bond acceptors (Lipinski definition) is 5. The number of amides is 1. The number of carbonyl (C=O) groups is 1. The summed E-state index contributed by atoms with van der Waals surface area (Å²) in [6, 6.07) is 5.73. The van der Waals surface area contributed by atoms with E-state index in [0.29, 0.717) is 25.4 Å². The number of nitrogens with one attached hydrogen (secondary N) is 1. The van der Waals surface area contributed by atoms with E-state index < -0.39 is 6.10 Å². The van der Waals surface area contributed by atoms with Gasteiger partial charge in [-0.1, -0.05) is 6.08 Å². The standard InChI is InChI=1S/C18H26FN3O3/c1-2-7-20-18(24)13-22-10-8-21(9-11-22)12-16(23)14-25-17-5-3-15(19)4-6-17/h2-6,16,23H,1,7-14H2,(H,20,24)/t16-/m0/s1. The van der Waals surface area contributed by atoms with E-state index in [1.807, 2.05) is 0 Å². The SMILES string of the molecule is C=CCNC(=O)CN1CCN(C[C@H](O)COc2ccc(F)cc2)CC1. The third-order valence-corrected chi connectivity index (χ3v) is 4.00. The van der Waals surface area contributed by atoms with Gasteiger partial charge in [-0.25, -0.2) is 4.39 Å². The Morgan fingerprint density at radius 3 is 2.56 bits per heavy atom. The first-order valence-corrected chi connectivity index (χ1v) is 8.45. The zero-order valence-electron chi connectivity index (χ0n) is 14.4. The average molecular weight is 351 g/mol. The molecule has 0 radical (unpaired) electrons. The summed E-state index contributed by atoms with van der Waals surface area (Å²) < 4.78 is 18.3. The number of carbonyl (C=O) groups excluding carboxylic acids is 1. The van der Waals surface area contributed by atoms with Crippen LogP contribution in [0.5, 0.6) is 5.75 Å². The number of benzene rings is 1. The summed E-state index contributed by atoms with van der Waals surface area (Å²) in [6.07, 6.45) is 1.04. The van der Waals surface area contributed by atoms with Crippen molar-refractivity contribution in [1.82, 2.24) is 15.1 Å². The molecule has 1 atom stereocenters. The van der Waals surface area contributed by atoms with Gasteiger partial charge in [0.1, 0.15) is 24.3 Å². The Hall–Kier alpha value is -1.96. The monoisotopic (exact) mass is 351 g/mol. The first kappa shape index (κ1) is 19.4. The van der Waals surface area contributed by atoms with Crippen molar-refractivity contribution in [2.45, 2.75) is 6.10 Å². The molecule has 138 valence electrons. The zero-order chi connectivity index (χ0) is 18.1. The maximum absolute atomic E-state index is 12.8. The lowest BCUT2D eigenvalue weighted by molar-refractivity contribution is -0.122. The number of piperazine rings is 1. The number of ether oxygens (including phenoxy) is 1. The minimum Gasteiger partial charge on any atom is -0.491 e. The van der Waals surface area contributed by atoms with Crippen molar-refractivity contribution in [2.75, 3.05) is 52.4 Å². The molecular weight excluding hydrogens is 325 g/mol. The van der Waals surface area contributed by atoms with Gasteiger partial charge < -0.3 is 15.2 Å². The Morgan fingerprint density at radius 2 is 1.92 bits per heavy atom. The molecule has 0 bridgehead atoms. The summed E-state index contributed by atoms with van der Waals surface area (Å²) in [5.74, 6) is 0.223. The number of halogens is 1. The molecule has 1 heterocycles. The summed E-state index contributed by atoms with van der Waals surface area (Å²) in [5.41, 5.74) is 0. The largest absolute Gasteiger partial charge is 0.491 e. The molecule has 1 aromatic carbocycles. The summed E-state index contributed by atoms with van der Waals surface area (Å²) in [6.45, 7) is 8.27. The Kier molecular flexibility index (Phi) is 7.84. The Labute approximate surface area is 147 Å². The quantitative estimate of drug-likeness (QED) is 0.634. The predicted octanol–water partition coefficient (Wildman–Crippen LogP) is 0.485. The van der Waals surface area contributed by atoms with Crippen LogP contribution in [0.15, 0.2) is 36.9 Å². The van der Waals surface area contributed by atoms with E-state index in [9.17, 15) is 14.3 Å². The Morgan fingerprint density at radius 1 is 1.28 bits per heavy atom. The molecule has 25 heavy (non-hydrogen) atoms. The number of nitrogens with zero attached hydrogens (tertiary/aromatic N) is 2. The molecular formula is C18H26FN3O3. The van der Waals surface area contributed by atoms with Crippen LogP contribution in [0.25, 0.3) is 0 Å². The molecule has 2 rings (SSSR count). The fourth-order valence-corrected chi connectivity index (χ4v) is 2.65. The lowest BCUT2D eigenvalue weighted by atomic mass is 10.2. The summed E-state index contributed by atoms with van der Waals surface area (Å²) in [5, 5.41) is 12.9. The van der Waals surface area contributed by atoms with Crippen molar-refractivity contribution in [3.8, 4) is 5.75 Å². The second-order valence-corrected chi connectivity index (χ2v) is 6.09. The minimum atomic E-state index is -0.618. The molecule has 6 nitrogen and oxygen atoms in total. The third-order valence-electron chi connectivity index (χ3n) is 4.00. The topological polar surface area (TPSA) is 65.0 Å². The lowest BCUT2D eigenvalue weighted by Crippen LogP contribution is -2.51. The smallest absolute Gasteiger partial charge is 0.234 e. The van der Waals surface area contributed by atoms with Crippen molar-refractivity contribution >= 4 is 5.91 Å². The highest BCUT2D eigenvalue weighted by molar-refractivity contribution is 5.78. The van der Waals surface area contributed by atoms with Gasteiger partial charge in [0, 0.05) is 39.3 Å². The molecule has 1 fully saturated rings. The van der Waals surface area contributed by atoms with Crippen LogP contribution in [-0.4, -0.2) is 79.3 Å². The maximum Gasteiger partial charge on any atom is 0.234 e. The van der Waals surface area contributed by atoms with Gasteiger partial charge in [0.15, 0.2) is 0 Å². The van der Waals surface area contributed by atoms with Gasteiger partial charge in [-0.05, 0) is 24.3 Å². The van der Waals surface area contributed by atoms with E-state index in [4.69, 9.17) is 4.74 Å². The van der Waals surface area contributed by atoms with Gasteiger partial charge in [-0.15, -0.1) is 6.58 Å². The van der Waals surface area contributed by atoms with Crippen molar-refractivity contribution in [2.24, 2.45) is 0 Å². The zero-order valence-corrected chi connectivity index (χ0v) is 14.4. The van der Waals surface area contributed by atoms with Gasteiger partial charge >= 0.3 is 0 Å². The molecule has 1 aromatic rings. The van der Waals surface area contributed by atoms with Crippen LogP contribution >= 0.6 is 0 Å². The predicted molar refractivity (Wildman–Crippen MR) is 94.0 cm³/mol. The van der Waals surface area contributed by atoms with E-state index in [1.165, 1.54) is 24.3 Å². The normalized spacial score (nSPS) is 17.0. The molecule has 7 heteroatoms. The number of hydrogen-bond donors (Lipinski definition) is 2. The van der Waals surface area contributed by atoms with Crippen LogP contribution < -0.4 is 10.1 Å². The van der Waals surface area contributed by atoms with Crippen LogP contribution in [0, 0.1) is 5.82 Å². The minimum absolute atomic E-state index is 0.00100. The molecule has 1 amide bonds. The van der Waals surface area contributed by atoms with Crippen LogP contribution in [0.3, 0.4) is 0 Å². The molecule has 0 spiro atoms. The lowest BCUT2D eigenvalue weighted by Gasteiger charge is -2.35. The molecule has 1 aliphatic heterocycles. The van der Waals surface area contributed by atoms with Gasteiger partial charge in [-0.3, -0.25) is 14.6 Å². The number of β-amino-alcohol motifs (C(OH)–C–C–N with tert-alkyl or cyclic N) is 1. The fourth-order valence-electron chi connectivity index (χ4n) is 2.65. The number of rotatable bonds is 9. The van der Waals surface area contributed by atoms with Crippen molar-refractivity contribution in [1.29, 1.82) is 0 Å². The second kappa shape index (κ2) is 10.1. The average Bonchev–Trinajstić information content (AvgIpc) is 2.61. The van der Waals surface area contributed by atoms with E-state index in [1.54, 1.807) is 6.08 Å². The summed E-state index contributed by atoms with van der Waals surface area (Å²) in [7, 11) is 0. The fraction of sp³-hybridized carbons (Fsp3) is 0.500. The van der Waals surface area contributed by atoms with Crippen molar-refractivity contribution in [3.63, 3.8) is 0 Å². The molecule has 0 unspecified atom stereocenters. The van der Waals surface area contributed by atoms with E-state index >= 15 is 0 Å². The Bertz CT molecular complexity index is 545. The molecule has 1 saturated heterocycles. The molecule has 0 saturated carbocycles. The second-order valence-electron chi connectivity index (χ2n) is 6.09. The maximum atomic E-state index is 12.8. The summed E-state index contributed by atoms with van der Waals surface area (Å²) >= 11 is 0. The molecule has 0 aromatic heterocycles. The van der Waals surface area contributed by atoms with Crippen LogP contribution in [0.2, 0.25) is 0 Å². The first-order valence-electron chi connectivity index (χ1n) is 8.45. The van der Waals surface area contributed by atoms with Crippen LogP contribution in [0.1, 0.15) is 0 Å². The van der Waals surface area contributed by atoms with E-state index in [-0.39, 0.29) is 18.3 Å². The van der Waals surface area contributed by atoms with E-state index in [0.717, 1.165) is 26.2 Å². The summed E-state index contributed by atoms with van der Waals surface area (Å²) in [4.78, 5) is 15.9. The van der Waals surface area contributed by atoms with Gasteiger partial charge in [0.2, 0.25) is 5.91 Å². The van der Waals surface area contributed by atoms with Crippen molar-refractivity contribution < 1.29 is 19.0 Å². The molecule has 0 aliphatic carbocycles. The van der Waals surface area contributed by atoms with Crippen LogP contribution in [0.4, 0.5) is 4.39 Å². The highest BCUT2D eigenvalue weighted by Crippen LogP contribution is 2.11. The van der Waals surface area contributed by atoms with Gasteiger partial charge in [0.25, 0.3) is 0 Å². The number of aliphatic hydroxyl groups excluding tert-OH is 1. The van der Waals surface area contributed by atoms with Crippen molar-refractivity contribution in [3.05, 3.63) is 42.7 Å². The third kappa shape index (κ3) is 7.21. The Balaban J connectivity index is 1.63. The van der Waals surface area contributed by atoms with Gasteiger partial charge in [-0.2, -0.15) is 0 Å². The van der Waals surface area contributed by atoms with E-state index in [2.05, 4.69) is 21.7 Å². The van der Waals surface area contributed by atoms with Crippen LogP contribution in [-0.2, 0) is 4.79 Å². The molecule has 2 N–H and O–H groups in total. The highest BCUT2D eigenvalue weighted by atomic mass is 19.1. The first-order chi connectivity index (χ1) is 12.1.